The topological polar surface area (TPSA) is 55.1 Å². The van der Waals surface area contributed by atoms with Crippen LogP contribution in [-0.4, -0.2) is 19.6 Å². The zero-order valence-electron chi connectivity index (χ0n) is 13.9. The van der Waals surface area contributed by atoms with Gasteiger partial charge in [-0.2, -0.15) is 9.61 Å². The van der Waals surface area contributed by atoms with E-state index < -0.39 is 0 Å². The number of halogens is 1. The first-order chi connectivity index (χ1) is 12.8. The summed E-state index contributed by atoms with van der Waals surface area (Å²) >= 11 is 7.88. The number of anilines is 1. The number of aromatic nitrogens is 4. The maximum atomic E-state index is 6.24. The van der Waals surface area contributed by atoms with Crippen LogP contribution in [0, 0.1) is 0 Å². The zero-order chi connectivity index (χ0) is 17.5. The molecule has 5 nitrogen and oxygen atoms in total. The van der Waals surface area contributed by atoms with E-state index in [0.29, 0.717) is 17.6 Å². The second-order valence-electron chi connectivity index (χ2n) is 6.46. The van der Waals surface area contributed by atoms with Gasteiger partial charge in [-0.25, -0.2) is 9.97 Å². The summed E-state index contributed by atoms with van der Waals surface area (Å²) in [5.74, 6) is 1.45. The Kier molecular flexibility index (Phi) is 3.87. The maximum absolute atomic E-state index is 6.24. The first-order valence-corrected chi connectivity index (χ1v) is 9.80. The molecule has 1 saturated carbocycles. The summed E-state index contributed by atoms with van der Waals surface area (Å²) in [6.45, 7) is 0.687. The van der Waals surface area contributed by atoms with Gasteiger partial charge in [0, 0.05) is 35.3 Å². The van der Waals surface area contributed by atoms with E-state index in [1.807, 2.05) is 28.4 Å². The molecule has 0 bridgehead atoms. The Hall–Kier alpha value is -2.44. The largest absolute Gasteiger partial charge is 0.366 e. The molecule has 3 heterocycles. The average molecular weight is 382 g/mol. The standard InChI is InChI=1S/C19H16ClN5S/c20-16-9-17(25-18(24-16)15(11-23-25)13-5-6-13)22-10-12-1-3-14(4-2-12)19-21-7-8-26-19/h1-4,7-9,11,13,22H,5-6,10H2. The molecule has 0 saturated heterocycles. The van der Waals surface area contributed by atoms with Crippen molar-refractivity contribution in [2.24, 2.45) is 0 Å². The lowest BCUT2D eigenvalue weighted by atomic mass is 10.1. The number of nitrogens with one attached hydrogen (secondary N) is 1. The molecule has 1 fully saturated rings. The average Bonchev–Trinajstić information content (AvgIpc) is 3.18. The molecule has 1 N–H and O–H groups in total. The second kappa shape index (κ2) is 6.37. The lowest BCUT2D eigenvalue weighted by Gasteiger charge is -2.10. The summed E-state index contributed by atoms with van der Waals surface area (Å²) < 4.78 is 1.85. The molecular formula is C19H16ClN5S. The molecule has 26 heavy (non-hydrogen) atoms. The van der Waals surface area contributed by atoms with E-state index in [-0.39, 0.29) is 0 Å². The summed E-state index contributed by atoms with van der Waals surface area (Å²) in [6, 6.07) is 10.3. The van der Waals surface area contributed by atoms with Crippen molar-refractivity contribution in [2.75, 3.05) is 5.32 Å². The van der Waals surface area contributed by atoms with E-state index in [4.69, 9.17) is 11.6 Å². The molecule has 5 rings (SSSR count). The number of hydrogen-bond acceptors (Lipinski definition) is 5. The maximum Gasteiger partial charge on any atom is 0.162 e. The summed E-state index contributed by atoms with van der Waals surface area (Å²) in [5.41, 5.74) is 4.38. The van der Waals surface area contributed by atoms with Gasteiger partial charge in [0.15, 0.2) is 5.65 Å². The molecule has 3 aromatic heterocycles. The van der Waals surface area contributed by atoms with E-state index in [1.54, 1.807) is 11.3 Å². The third-order valence-corrected chi connectivity index (χ3v) is 5.61. The van der Waals surface area contributed by atoms with Gasteiger partial charge in [0.05, 0.1) is 6.20 Å². The van der Waals surface area contributed by atoms with Crippen LogP contribution < -0.4 is 5.32 Å². The Morgan fingerprint density at radius 3 is 2.81 bits per heavy atom. The first-order valence-electron chi connectivity index (χ1n) is 8.55. The van der Waals surface area contributed by atoms with Crippen molar-refractivity contribution < 1.29 is 0 Å². The molecule has 130 valence electrons. The Morgan fingerprint density at radius 1 is 1.23 bits per heavy atom. The SMILES string of the molecule is Clc1cc(NCc2ccc(-c3nccs3)cc2)n2ncc(C3CC3)c2n1. The van der Waals surface area contributed by atoms with Crippen LogP contribution in [0.4, 0.5) is 5.82 Å². The van der Waals surface area contributed by atoms with Crippen molar-refractivity contribution in [3.05, 3.63) is 64.4 Å². The van der Waals surface area contributed by atoms with E-state index in [2.05, 4.69) is 44.6 Å². The van der Waals surface area contributed by atoms with Crippen molar-refractivity contribution >= 4 is 34.4 Å². The molecule has 0 unspecified atom stereocenters. The van der Waals surface area contributed by atoms with Gasteiger partial charge < -0.3 is 5.32 Å². The minimum absolute atomic E-state index is 0.488. The van der Waals surface area contributed by atoms with Gasteiger partial charge >= 0.3 is 0 Å². The van der Waals surface area contributed by atoms with Crippen LogP contribution in [0.5, 0.6) is 0 Å². The van der Waals surface area contributed by atoms with Crippen LogP contribution in [0.1, 0.15) is 29.9 Å². The highest BCUT2D eigenvalue weighted by Gasteiger charge is 2.28. The summed E-state index contributed by atoms with van der Waals surface area (Å²) in [6.07, 6.45) is 6.17. The Balaban J connectivity index is 1.38. The Labute approximate surface area is 159 Å². The smallest absolute Gasteiger partial charge is 0.162 e. The molecule has 0 aliphatic heterocycles. The zero-order valence-corrected chi connectivity index (χ0v) is 15.5. The lowest BCUT2D eigenvalue weighted by Crippen LogP contribution is -2.06. The predicted molar refractivity (Wildman–Crippen MR) is 105 cm³/mol. The van der Waals surface area contributed by atoms with Gasteiger partial charge in [-0.15, -0.1) is 11.3 Å². The number of nitrogens with zero attached hydrogens (tertiary/aromatic N) is 4. The Morgan fingerprint density at radius 2 is 2.08 bits per heavy atom. The monoisotopic (exact) mass is 381 g/mol. The van der Waals surface area contributed by atoms with Crippen molar-refractivity contribution in [1.82, 2.24) is 19.6 Å². The van der Waals surface area contributed by atoms with E-state index in [1.165, 1.54) is 24.0 Å². The highest BCUT2D eigenvalue weighted by molar-refractivity contribution is 7.13. The van der Waals surface area contributed by atoms with Gasteiger partial charge in [-0.1, -0.05) is 35.9 Å². The highest BCUT2D eigenvalue weighted by Crippen LogP contribution is 2.42. The van der Waals surface area contributed by atoms with Gasteiger partial charge in [0.25, 0.3) is 0 Å². The van der Waals surface area contributed by atoms with Crippen molar-refractivity contribution in [3.63, 3.8) is 0 Å². The van der Waals surface area contributed by atoms with Crippen LogP contribution >= 0.6 is 22.9 Å². The summed E-state index contributed by atoms with van der Waals surface area (Å²) in [7, 11) is 0. The van der Waals surface area contributed by atoms with Gasteiger partial charge in [-0.3, -0.25) is 0 Å². The molecule has 7 heteroatoms. The fourth-order valence-corrected chi connectivity index (χ4v) is 3.91. The van der Waals surface area contributed by atoms with Crippen LogP contribution in [-0.2, 0) is 6.54 Å². The van der Waals surface area contributed by atoms with E-state index in [0.717, 1.165) is 22.0 Å². The second-order valence-corrected chi connectivity index (χ2v) is 7.74. The van der Waals surface area contributed by atoms with Crippen molar-refractivity contribution in [2.45, 2.75) is 25.3 Å². The fraction of sp³-hybridized carbons (Fsp3) is 0.211. The normalized spacial score (nSPS) is 14.0. The van der Waals surface area contributed by atoms with Crippen molar-refractivity contribution in [3.8, 4) is 10.6 Å². The third-order valence-electron chi connectivity index (χ3n) is 4.59. The number of fused-ring (bicyclic) bond motifs is 1. The minimum Gasteiger partial charge on any atom is -0.366 e. The number of benzene rings is 1. The summed E-state index contributed by atoms with van der Waals surface area (Å²) in [4.78, 5) is 8.82. The molecule has 1 aliphatic carbocycles. The van der Waals surface area contributed by atoms with E-state index in [9.17, 15) is 0 Å². The van der Waals surface area contributed by atoms with Crippen LogP contribution in [0.25, 0.3) is 16.2 Å². The molecule has 1 aromatic carbocycles. The van der Waals surface area contributed by atoms with Crippen molar-refractivity contribution in [1.29, 1.82) is 0 Å². The quantitative estimate of drug-likeness (QED) is 0.494. The fourth-order valence-electron chi connectivity index (χ4n) is 3.08. The Bertz CT molecular complexity index is 1050. The molecule has 0 atom stereocenters. The van der Waals surface area contributed by atoms with Crippen LogP contribution in [0.15, 0.2) is 48.1 Å². The number of hydrogen-bond donors (Lipinski definition) is 1. The third kappa shape index (κ3) is 2.95. The van der Waals surface area contributed by atoms with Crippen LogP contribution in [0.2, 0.25) is 5.15 Å². The molecule has 1 aliphatic rings. The van der Waals surface area contributed by atoms with Gasteiger partial charge in [0.1, 0.15) is 16.0 Å². The van der Waals surface area contributed by atoms with E-state index >= 15 is 0 Å². The number of thiazole rings is 1. The molecular weight excluding hydrogens is 366 g/mol. The lowest BCUT2D eigenvalue weighted by molar-refractivity contribution is 0.925. The molecule has 0 radical (unpaired) electrons. The van der Waals surface area contributed by atoms with Gasteiger partial charge in [0.2, 0.25) is 0 Å². The van der Waals surface area contributed by atoms with Crippen LogP contribution in [0.3, 0.4) is 0 Å². The van der Waals surface area contributed by atoms with Gasteiger partial charge in [-0.05, 0) is 24.3 Å². The number of rotatable bonds is 5. The minimum atomic E-state index is 0.488. The summed E-state index contributed by atoms with van der Waals surface area (Å²) in [5, 5.41) is 11.5. The highest BCUT2D eigenvalue weighted by atomic mass is 35.5. The molecule has 0 amide bonds. The predicted octanol–water partition coefficient (Wildman–Crippen LogP) is 5.00. The molecule has 4 aromatic rings. The molecule has 0 spiro atoms. The first kappa shape index (κ1) is 15.8.